The number of hydrogen-bond donors (Lipinski definition) is 4. The van der Waals surface area contributed by atoms with E-state index in [0.29, 0.717) is 19.8 Å². The van der Waals surface area contributed by atoms with Gasteiger partial charge in [0.1, 0.15) is 0 Å². The van der Waals surface area contributed by atoms with E-state index in [0.717, 1.165) is 19.3 Å². The topological polar surface area (TPSA) is 80.9 Å². The van der Waals surface area contributed by atoms with Gasteiger partial charge in [0, 0.05) is 47.6 Å². The third-order valence-corrected chi connectivity index (χ3v) is 8.04. The molecular formula is C41H90O4Ti. The Morgan fingerprint density at radius 1 is 0.283 bits per heavy atom. The normalized spacial score (nSPS) is 10.3. The molecule has 0 radical (unpaired) electrons. The Morgan fingerprint density at radius 3 is 0.500 bits per heavy atom. The van der Waals surface area contributed by atoms with Gasteiger partial charge in [-0.25, -0.2) is 0 Å². The molecular weight excluding hydrogens is 604 g/mol. The van der Waals surface area contributed by atoms with E-state index in [1.165, 1.54) is 186 Å². The summed E-state index contributed by atoms with van der Waals surface area (Å²) in [5, 5.41) is 33.8. The van der Waals surface area contributed by atoms with Crippen LogP contribution in [0.5, 0.6) is 0 Å². The van der Waals surface area contributed by atoms with E-state index >= 15 is 0 Å². The SMILES string of the molecule is CC(C)O.CCCCCCCCCCCCCCO.CCCCCCCCCCCCO.CCCCCCCCCCCCO.[Ti]. The van der Waals surface area contributed by atoms with Crippen LogP contribution in [-0.4, -0.2) is 46.4 Å². The third-order valence-electron chi connectivity index (χ3n) is 8.04. The van der Waals surface area contributed by atoms with Crippen LogP contribution < -0.4 is 0 Å². The molecule has 0 fully saturated rings. The van der Waals surface area contributed by atoms with Crippen molar-refractivity contribution in [3.63, 3.8) is 0 Å². The molecule has 0 aromatic heterocycles. The van der Waals surface area contributed by atoms with Crippen LogP contribution in [0.2, 0.25) is 0 Å². The first kappa shape index (κ1) is 55.9. The molecule has 0 rings (SSSR count). The van der Waals surface area contributed by atoms with Crippen LogP contribution in [0.25, 0.3) is 0 Å². The summed E-state index contributed by atoms with van der Waals surface area (Å²) in [5.74, 6) is 0. The number of aliphatic hydroxyl groups is 4. The van der Waals surface area contributed by atoms with Crippen LogP contribution in [0.4, 0.5) is 0 Å². The molecule has 0 spiro atoms. The van der Waals surface area contributed by atoms with Crippen molar-refractivity contribution in [3.05, 3.63) is 0 Å². The zero-order valence-corrected chi connectivity index (χ0v) is 34.2. The van der Waals surface area contributed by atoms with Crippen molar-refractivity contribution in [1.29, 1.82) is 0 Å². The monoisotopic (exact) mass is 695 g/mol. The van der Waals surface area contributed by atoms with Crippen molar-refractivity contribution >= 4 is 0 Å². The zero-order chi connectivity index (χ0) is 34.3. The van der Waals surface area contributed by atoms with Gasteiger partial charge in [0.2, 0.25) is 0 Å². The predicted molar refractivity (Wildman–Crippen MR) is 203 cm³/mol. The molecule has 0 aromatic rings. The van der Waals surface area contributed by atoms with Gasteiger partial charge in [0.15, 0.2) is 0 Å². The van der Waals surface area contributed by atoms with Gasteiger partial charge >= 0.3 is 0 Å². The summed E-state index contributed by atoms with van der Waals surface area (Å²) >= 11 is 0. The Bertz CT molecular complexity index is 367. The Hall–Kier alpha value is 0.554. The molecule has 0 aliphatic rings. The van der Waals surface area contributed by atoms with E-state index in [1.54, 1.807) is 13.8 Å². The molecule has 0 atom stereocenters. The Kier molecular flexibility index (Phi) is 74.0. The standard InChI is InChI=1S/C14H30O.2C12H26O.C3H8O.Ti/c1-2-3-4-5-6-7-8-9-10-11-12-13-14-15;2*1-2-3-4-5-6-7-8-9-10-11-12-13;1-3(2)4;/h15H,2-14H2,1H3;2*13H,2-12H2,1H3;3-4H,1-2H3;. The minimum Gasteiger partial charge on any atom is -0.396 e. The second-order valence-electron chi connectivity index (χ2n) is 13.5. The maximum atomic E-state index is 8.61. The van der Waals surface area contributed by atoms with Crippen molar-refractivity contribution < 1.29 is 42.1 Å². The van der Waals surface area contributed by atoms with E-state index < -0.39 is 0 Å². The molecule has 0 heterocycles. The smallest absolute Gasteiger partial charge is 0.0483 e. The van der Waals surface area contributed by atoms with Crippen LogP contribution in [0.3, 0.4) is 0 Å². The van der Waals surface area contributed by atoms with Gasteiger partial charge in [-0.05, 0) is 33.1 Å². The molecule has 0 aliphatic heterocycles. The Balaban J connectivity index is -0.000000171. The van der Waals surface area contributed by atoms with Gasteiger partial charge in [-0.15, -0.1) is 0 Å². The number of aliphatic hydroxyl groups excluding tert-OH is 4. The van der Waals surface area contributed by atoms with Gasteiger partial charge < -0.3 is 20.4 Å². The van der Waals surface area contributed by atoms with Crippen molar-refractivity contribution in [1.82, 2.24) is 0 Å². The summed E-state index contributed by atoms with van der Waals surface area (Å²) in [5.41, 5.74) is 0. The van der Waals surface area contributed by atoms with Crippen molar-refractivity contribution in [2.75, 3.05) is 19.8 Å². The molecule has 5 heteroatoms. The van der Waals surface area contributed by atoms with Crippen LogP contribution in [0, 0.1) is 0 Å². The van der Waals surface area contributed by atoms with Gasteiger partial charge in [-0.1, -0.05) is 207 Å². The molecule has 0 saturated carbocycles. The van der Waals surface area contributed by atoms with Gasteiger partial charge in [0.05, 0.1) is 0 Å². The van der Waals surface area contributed by atoms with Crippen LogP contribution in [-0.2, 0) is 21.7 Å². The molecule has 0 unspecified atom stereocenters. The third kappa shape index (κ3) is 79.8. The summed E-state index contributed by atoms with van der Waals surface area (Å²) in [6, 6.07) is 0. The molecule has 0 aromatic carbocycles. The largest absolute Gasteiger partial charge is 0.396 e. The van der Waals surface area contributed by atoms with E-state index in [1.807, 2.05) is 0 Å². The molecule has 4 N–H and O–H groups in total. The first-order valence-corrected chi connectivity index (χ1v) is 20.5. The summed E-state index contributed by atoms with van der Waals surface area (Å²) in [6.07, 6.45) is 42.7. The number of unbranched alkanes of at least 4 members (excludes halogenated alkanes) is 29. The van der Waals surface area contributed by atoms with Crippen molar-refractivity contribution in [3.8, 4) is 0 Å². The fourth-order valence-corrected chi connectivity index (χ4v) is 5.15. The van der Waals surface area contributed by atoms with E-state index in [9.17, 15) is 0 Å². The number of hydrogen-bond acceptors (Lipinski definition) is 4. The Morgan fingerprint density at radius 2 is 0.391 bits per heavy atom. The first-order chi connectivity index (χ1) is 22.0. The van der Waals surface area contributed by atoms with Crippen LogP contribution in [0.1, 0.15) is 240 Å². The van der Waals surface area contributed by atoms with E-state index in [4.69, 9.17) is 20.4 Å². The maximum Gasteiger partial charge on any atom is 0.0483 e. The first-order valence-electron chi connectivity index (χ1n) is 20.5. The van der Waals surface area contributed by atoms with Crippen LogP contribution >= 0.6 is 0 Å². The summed E-state index contributed by atoms with van der Waals surface area (Å²) < 4.78 is 0. The van der Waals surface area contributed by atoms with Gasteiger partial charge in [-0.2, -0.15) is 0 Å². The summed E-state index contributed by atoms with van der Waals surface area (Å²) in [7, 11) is 0. The molecule has 282 valence electrons. The van der Waals surface area contributed by atoms with Crippen LogP contribution in [0.15, 0.2) is 0 Å². The fraction of sp³-hybridized carbons (Fsp3) is 1.00. The number of rotatable bonds is 32. The minimum atomic E-state index is -0.167. The molecule has 0 bridgehead atoms. The average Bonchev–Trinajstić information content (AvgIpc) is 3.02. The molecule has 0 saturated heterocycles. The molecule has 0 amide bonds. The Labute approximate surface area is 307 Å². The fourth-order valence-electron chi connectivity index (χ4n) is 5.15. The second-order valence-corrected chi connectivity index (χ2v) is 13.5. The second kappa shape index (κ2) is 60.8. The summed E-state index contributed by atoms with van der Waals surface area (Å²) in [6.45, 7) is 11.3. The van der Waals surface area contributed by atoms with Gasteiger partial charge in [-0.3, -0.25) is 0 Å². The zero-order valence-electron chi connectivity index (χ0n) is 32.6. The predicted octanol–water partition coefficient (Wildman–Crippen LogP) is 12.9. The van der Waals surface area contributed by atoms with Gasteiger partial charge in [0.25, 0.3) is 0 Å². The van der Waals surface area contributed by atoms with E-state index in [2.05, 4.69) is 20.8 Å². The molecule has 0 aliphatic carbocycles. The molecule has 4 nitrogen and oxygen atoms in total. The quantitative estimate of drug-likeness (QED) is 0.0417. The molecule has 46 heavy (non-hydrogen) atoms. The van der Waals surface area contributed by atoms with E-state index in [-0.39, 0.29) is 27.8 Å². The van der Waals surface area contributed by atoms with Crippen molar-refractivity contribution in [2.45, 2.75) is 246 Å². The average molecular weight is 695 g/mol. The van der Waals surface area contributed by atoms with Crippen molar-refractivity contribution in [2.24, 2.45) is 0 Å². The minimum absolute atomic E-state index is 0. The maximum absolute atomic E-state index is 8.61. The summed E-state index contributed by atoms with van der Waals surface area (Å²) in [4.78, 5) is 0.